The van der Waals surface area contributed by atoms with Gasteiger partial charge < -0.3 is 19.4 Å². The molecule has 39 heavy (non-hydrogen) atoms. The van der Waals surface area contributed by atoms with Crippen molar-refractivity contribution in [3.05, 3.63) is 48.3 Å². The average molecular weight is 557 g/mol. The van der Waals surface area contributed by atoms with Crippen molar-refractivity contribution >= 4 is 44.3 Å². The van der Waals surface area contributed by atoms with Crippen LogP contribution in [0.4, 0.5) is 11.4 Å². The number of hydrogen-bond donors (Lipinski definition) is 1. The van der Waals surface area contributed by atoms with Crippen LogP contribution in [-0.2, 0) is 41.0 Å². The molecule has 1 aromatic heterocycles. The fourth-order valence-corrected chi connectivity index (χ4v) is 5.82. The molecule has 210 valence electrons. The molecule has 1 aliphatic rings. The Morgan fingerprint density at radius 2 is 1.79 bits per heavy atom. The van der Waals surface area contributed by atoms with Gasteiger partial charge in [0.2, 0.25) is 0 Å². The lowest BCUT2D eigenvalue weighted by molar-refractivity contribution is -0.144. The molecule has 1 fully saturated rings. The number of fused-ring (bicyclic) bond motifs is 1. The molecule has 1 aliphatic heterocycles. The molecule has 11 heteroatoms. The molecule has 1 amide bonds. The highest BCUT2D eigenvalue weighted by molar-refractivity contribution is 7.92. The van der Waals surface area contributed by atoms with Crippen molar-refractivity contribution < 1.29 is 27.5 Å². The monoisotopic (exact) mass is 556 g/mol. The van der Waals surface area contributed by atoms with Gasteiger partial charge >= 0.3 is 5.97 Å². The molecule has 10 nitrogen and oxygen atoms in total. The van der Waals surface area contributed by atoms with E-state index in [4.69, 9.17) is 9.72 Å². The highest BCUT2D eigenvalue weighted by Crippen LogP contribution is 2.32. The van der Waals surface area contributed by atoms with Crippen LogP contribution in [-0.4, -0.2) is 56.7 Å². The number of ether oxygens (including phenoxy) is 2. The smallest absolute Gasteiger partial charge is 0.303 e. The Hall–Kier alpha value is -3.44. The summed E-state index contributed by atoms with van der Waals surface area (Å²) in [6, 6.07) is 11.4. The molecule has 2 aromatic carbocycles. The molecular weight excluding hydrogens is 520 g/mol. The molecule has 1 saturated heterocycles. The molecule has 0 aliphatic carbocycles. The van der Waals surface area contributed by atoms with Crippen LogP contribution in [0.1, 0.15) is 46.4 Å². The minimum Gasteiger partial charge on any atom is -0.456 e. The van der Waals surface area contributed by atoms with E-state index in [0.29, 0.717) is 17.3 Å². The minimum atomic E-state index is -3.88. The SMILES string of the molecule is CC(=O)OCC(=O)Nc1ccc(S(=O)(=O)N(C)c2ccc3c(c2)nc(C(C)(C)C)n3CC2CCOCC2)cc1. The second-order valence-electron chi connectivity index (χ2n) is 10.9. The number of esters is 1. The van der Waals surface area contributed by atoms with Crippen LogP contribution >= 0.6 is 0 Å². The van der Waals surface area contributed by atoms with Crippen LogP contribution in [0.15, 0.2) is 47.4 Å². The van der Waals surface area contributed by atoms with E-state index in [1.54, 1.807) is 6.07 Å². The number of imidazole rings is 1. The van der Waals surface area contributed by atoms with Crippen molar-refractivity contribution in [1.29, 1.82) is 0 Å². The lowest BCUT2D eigenvalue weighted by Gasteiger charge is -2.26. The number of aromatic nitrogens is 2. The molecule has 4 rings (SSSR count). The van der Waals surface area contributed by atoms with Crippen LogP contribution < -0.4 is 9.62 Å². The van der Waals surface area contributed by atoms with Gasteiger partial charge in [0, 0.05) is 44.8 Å². The number of benzene rings is 2. The Labute approximate surface area is 229 Å². The zero-order valence-corrected chi connectivity index (χ0v) is 23.9. The van der Waals surface area contributed by atoms with E-state index in [0.717, 1.165) is 49.5 Å². The number of rotatable bonds is 8. The van der Waals surface area contributed by atoms with E-state index in [9.17, 15) is 18.0 Å². The summed E-state index contributed by atoms with van der Waals surface area (Å²) in [6.45, 7) is 9.60. The van der Waals surface area contributed by atoms with Crippen molar-refractivity contribution in [3.63, 3.8) is 0 Å². The molecule has 2 heterocycles. The average Bonchev–Trinajstić information content (AvgIpc) is 3.26. The summed E-state index contributed by atoms with van der Waals surface area (Å²) in [5, 5.41) is 2.56. The summed E-state index contributed by atoms with van der Waals surface area (Å²) in [4.78, 5) is 27.8. The molecule has 0 radical (unpaired) electrons. The number of sulfonamides is 1. The third kappa shape index (κ3) is 6.59. The largest absolute Gasteiger partial charge is 0.456 e. The van der Waals surface area contributed by atoms with Gasteiger partial charge in [0.05, 0.1) is 21.6 Å². The lowest BCUT2D eigenvalue weighted by atomic mass is 9.94. The molecule has 1 N–H and O–H groups in total. The van der Waals surface area contributed by atoms with Crippen molar-refractivity contribution in [1.82, 2.24) is 9.55 Å². The number of anilines is 2. The first-order valence-electron chi connectivity index (χ1n) is 13.0. The van der Waals surface area contributed by atoms with Gasteiger partial charge in [-0.2, -0.15) is 0 Å². The molecule has 0 saturated carbocycles. The maximum atomic E-state index is 13.4. The van der Waals surface area contributed by atoms with Gasteiger partial charge in [-0.1, -0.05) is 20.8 Å². The van der Waals surface area contributed by atoms with Gasteiger partial charge in [-0.25, -0.2) is 13.4 Å². The Bertz CT molecular complexity index is 1450. The van der Waals surface area contributed by atoms with Crippen LogP contribution in [0.2, 0.25) is 0 Å². The molecule has 0 atom stereocenters. The van der Waals surface area contributed by atoms with Crippen LogP contribution in [0.3, 0.4) is 0 Å². The number of amides is 1. The van der Waals surface area contributed by atoms with Crippen LogP contribution in [0.5, 0.6) is 0 Å². The first-order chi connectivity index (χ1) is 18.4. The van der Waals surface area contributed by atoms with Crippen molar-refractivity contribution in [2.75, 3.05) is 36.5 Å². The lowest BCUT2D eigenvalue weighted by Crippen LogP contribution is -2.26. The molecule has 0 bridgehead atoms. The fraction of sp³-hybridized carbons (Fsp3) is 0.464. The Morgan fingerprint density at radius 1 is 1.13 bits per heavy atom. The van der Waals surface area contributed by atoms with E-state index >= 15 is 0 Å². The first-order valence-corrected chi connectivity index (χ1v) is 14.4. The van der Waals surface area contributed by atoms with E-state index in [-0.39, 0.29) is 10.3 Å². The zero-order valence-electron chi connectivity index (χ0n) is 23.1. The van der Waals surface area contributed by atoms with Crippen molar-refractivity contribution in [2.45, 2.75) is 57.4 Å². The van der Waals surface area contributed by atoms with E-state index < -0.39 is 28.5 Å². The second-order valence-corrected chi connectivity index (χ2v) is 12.8. The van der Waals surface area contributed by atoms with Crippen molar-refractivity contribution in [2.24, 2.45) is 5.92 Å². The van der Waals surface area contributed by atoms with Crippen LogP contribution in [0, 0.1) is 5.92 Å². The summed E-state index contributed by atoms with van der Waals surface area (Å²) < 4.78 is 40.5. The normalized spacial score (nSPS) is 14.8. The van der Waals surface area contributed by atoms with Gasteiger partial charge in [-0.3, -0.25) is 13.9 Å². The summed E-state index contributed by atoms with van der Waals surface area (Å²) >= 11 is 0. The summed E-state index contributed by atoms with van der Waals surface area (Å²) in [7, 11) is -2.37. The highest BCUT2D eigenvalue weighted by Gasteiger charge is 2.27. The first kappa shape index (κ1) is 28.6. The Balaban J connectivity index is 1.57. The second kappa shape index (κ2) is 11.4. The highest BCUT2D eigenvalue weighted by atomic mass is 32.2. The van der Waals surface area contributed by atoms with Gasteiger partial charge in [-0.05, 0) is 61.2 Å². The fourth-order valence-electron chi connectivity index (χ4n) is 4.63. The molecule has 0 unspecified atom stereocenters. The van der Waals surface area contributed by atoms with Crippen LogP contribution in [0.25, 0.3) is 11.0 Å². The van der Waals surface area contributed by atoms with Gasteiger partial charge in [0.25, 0.3) is 15.9 Å². The van der Waals surface area contributed by atoms with Crippen molar-refractivity contribution in [3.8, 4) is 0 Å². The van der Waals surface area contributed by atoms with Gasteiger partial charge in [0.1, 0.15) is 5.82 Å². The molecular formula is C28H36N4O6S. The summed E-state index contributed by atoms with van der Waals surface area (Å²) in [6.07, 6.45) is 2.02. The summed E-state index contributed by atoms with van der Waals surface area (Å²) in [5.74, 6) is 0.401. The number of carbonyl (C=O) groups excluding carboxylic acids is 2. The maximum absolute atomic E-state index is 13.4. The third-order valence-corrected chi connectivity index (χ3v) is 8.55. The quantitative estimate of drug-likeness (QED) is 0.415. The van der Waals surface area contributed by atoms with E-state index in [2.05, 4.69) is 35.4 Å². The number of nitrogens with one attached hydrogen (secondary N) is 1. The number of carbonyl (C=O) groups is 2. The predicted octanol–water partition coefficient (Wildman–Crippen LogP) is 4.09. The topological polar surface area (TPSA) is 120 Å². The van der Waals surface area contributed by atoms with E-state index in [1.165, 1.54) is 42.5 Å². The Kier molecular flexibility index (Phi) is 8.31. The molecule has 0 spiro atoms. The zero-order chi connectivity index (χ0) is 28.4. The number of hydrogen-bond acceptors (Lipinski definition) is 7. The number of nitrogens with zero attached hydrogens (tertiary/aromatic N) is 3. The minimum absolute atomic E-state index is 0.0727. The van der Waals surface area contributed by atoms with E-state index in [1.807, 2.05) is 12.1 Å². The van der Waals surface area contributed by atoms with Gasteiger partial charge in [-0.15, -0.1) is 0 Å². The third-order valence-electron chi connectivity index (χ3n) is 6.75. The standard InChI is InChI=1S/C28H36N4O6S/c1-19(33)38-18-26(34)29-21-6-9-23(10-7-21)39(35,36)31(5)22-8-11-25-24(16-22)30-27(28(2,3)4)32(25)17-20-12-14-37-15-13-20/h6-11,16,20H,12-15,17-18H2,1-5H3,(H,29,34). The predicted molar refractivity (Wildman–Crippen MR) is 149 cm³/mol. The molecule has 3 aromatic rings. The van der Waals surface area contributed by atoms with Gasteiger partial charge in [0.15, 0.2) is 6.61 Å². The maximum Gasteiger partial charge on any atom is 0.303 e. The summed E-state index contributed by atoms with van der Waals surface area (Å²) in [5.41, 5.74) is 2.43. The Morgan fingerprint density at radius 3 is 2.41 bits per heavy atom.